The van der Waals surface area contributed by atoms with Crippen LogP contribution in [0.25, 0.3) is 0 Å². The van der Waals surface area contributed by atoms with Gasteiger partial charge >= 0.3 is 6.03 Å². The molecule has 0 saturated heterocycles. The lowest BCUT2D eigenvalue weighted by Gasteiger charge is -2.15. The molecule has 0 bridgehead atoms. The number of aryl methyl sites for hydroxylation is 1. The molecule has 2 amide bonds. The minimum absolute atomic E-state index is 0.168. The van der Waals surface area contributed by atoms with Crippen LogP contribution in [0.3, 0.4) is 0 Å². The van der Waals surface area contributed by atoms with Gasteiger partial charge < -0.3 is 19.9 Å². The Morgan fingerprint density at radius 2 is 1.96 bits per heavy atom. The highest BCUT2D eigenvalue weighted by Crippen LogP contribution is 2.11. The zero-order valence-electron chi connectivity index (χ0n) is 14.6. The summed E-state index contributed by atoms with van der Waals surface area (Å²) in [6, 6.07) is 7.46. The van der Waals surface area contributed by atoms with Gasteiger partial charge in [-0.15, -0.1) is 10.2 Å². The highest BCUT2D eigenvalue weighted by molar-refractivity contribution is 5.74. The second-order valence-corrected chi connectivity index (χ2v) is 5.98. The Morgan fingerprint density at radius 3 is 2.58 bits per heavy atom. The van der Waals surface area contributed by atoms with E-state index in [4.69, 9.17) is 4.74 Å². The van der Waals surface area contributed by atoms with E-state index >= 15 is 0 Å². The molecule has 24 heavy (non-hydrogen) atoms. The van der Waals surface area contributed by atoms with E-state index in [9.17, 15) is 4.79 Å². The van der Waals surface area contributed by atoms with Crippen molar-refractivity contribution >= 4 is 6.03 Å². The summed E-state index contributed by atoms with van der Waals surface area (Å²) in [6.45, 7) is 6.85. The van der Waals surface area contributed by atoms with Gasteiger partial charge in [-0.2, -0.15) is 0 Å². The summed E-state index contributed by atoms with van der Waals surface area (Å²) in [5.74, 6) is 0.705. The number of hydrogen-bond donors (Lipinski definition) is 2. The minimum atomic E-state index is -0.245. The van der Waals surface area contributed by atoms with Crippen LogP contribution in [-0.4, -0.2) is 26.9 Å². The molecule has 7 heteroatoms. The van der Waals surface area contributed by atoms with E-state index < -0.39 is 0 Å². The van der Waals surface area contributed by atoms with Crippen molar-refractivity contribution in [3.63, 3.8) is 0 Å². The number of nitrogens with one attached hydrogen (secondary N) is 2. The normalized spacial score (nSPS) is 12.2. The molecule has 0 fully saturated rings. The van der Waals surface area contributed by atoms with E-state index in [-0.39, 0.29) is 18.2 Å². The Balaban J connectivity index is 1.89. The summed E-state index contributed by atoms with van der Waals surface area (Å²) in [5.41, 5.74) is 2.12. The highest BCUT2D eigenvalue weighted by Gasteiger charge is 2.14. The summed E-state index contributed by atoms with van der Waals surface area (Å²) in [5, 5.41) is 13.5. The third kappa shape index (κ3) is 5.06. The first-order valence-corrected chi connectivity index (χ1v) is 8.04. The summed E-state index contributed by atoms with van der Waals surface area (Å²) in [4.78, 5) is 12.1. The van der Waals surface area contributed by atoms with Gasteiger partial charge in [-0.3, -0.25) is 0 Å². The molecule has 0 aliphatic rings. The molecular formula is C17H25N5O2. The molecular weight excluding hydrogens is 306 g/mol. The van der Waals surface area contributed by atoms with Crippen LogP contribution in [0, 0.1) is 0 Å². The molecule has 2 rings (SSSR count). The van der Waals surface area contributed by atoms with Crippen molar-refractivity contribution < 1.29 is 9.53 Å². The number of benzene rings is 1. The number of urea groups is 1. The molecule has 1 aromatic heterocycles. The number of carbonyl (C=O) groups is 1. The molecule has 0 unspecified atom stereocenters. The van der Waals surface area contributed by atoms with E-state index in [1.54, 1.807) is 10.9 Å². The lowest BCUT2D eigenvalue weighted by molar-refractivity contribution is 0.0652. The first-order chi connectivity index (χ1) is 11.5. The van der Waals surface area contributed by atoms with Crippen LogP contribution in [-0.2, 0) is 24.9 Å². The fraction of sp³-hybridized carbons (Fsp3) is 0.471. The lowest BCUT2D eigenvalue weighted by Crippen LogP contribution is -2.37. The maximum absolute atomic E-state index is 12.1. The van der Waals surface area contributed by atoms with Crippen molar-refractivity contribution in [1.82, 2.24) is 25.4 Å². The number of rotatable bonds is 7. The van der Waals surface area contributed by atoms with E-state index in [1.807, 2.05) is 52.1 Å². The average molecular weight is 331 g/mol. The lowest BCUT2D eigenvalue weighted by atomic mass is 10.1. The molecule has 2 N–H and O–H groups in total. The van der Waals surface area contributed by atoms with Crippen LogP contribution < -0.4 is 10.6 Å². The molecule has 0 saturated carbocycles. The van der Waals surface area contributed by atoms with Gasteiger partial charge in [0.25, 0.3) is 0 Å². The Hall–Kier alpha value is -2.41. The van der Waals surface area contributed by atoms with Crippen LogP contribution in [0.5, 0.6) is 0 Å². The molecule has 1 atom stereocenters. The van der Waals surface area contributed by atoms with Gasteiger partial charge in [0, 0.05) is 13.6 Å². The fourth-order valence-electron chi connectivity index (χ4n) is 2.30. The van der Waals surface area contributed by atoms with Crippen molar-refractivity contribution in [2.24, 2.45) is 7.05 Å². The maximum Gasteiger partial charge on any atom is 0.315 e. The van der Waals surface area contributed by atoms with Crippen molar-refractivity contribution in [1.29, 1.82) is 0 Å². The molecule has 0 spiro atoms. The molecule has 0 aliphatic heterocycles. The van der Waals surface area contributed by atoms with Gasteiger partial charge in [-0.25, -0.2) is 4.79 Å². The van der Waals surface area contributed by atoms with E-state index in [1.165, 1.54) is 0 Å². The second-order valence-electron chi connectivity index (χ2n) is 5.98. The smallest absolute Gasteiger partial charge is 0.315 e. The van der Waals surface area contributed by atoms with Crippen molar-refractivity contribution in [2.75, 3.05) is 0 Å². The standard InChI is InChI=1S/C17H25N5O2/c1-12(2)24-10-15-8-6-5-7-14(15)9-18-17(23)20-13(3)16-21-19-11-22(16)4/h5-8,11-13H,9-10H2,1-4H3,(H2,18,20,23)/t13-/m1/s1. The minimum Gasteiger partial charge on any atom is -0.374 e. The predicted molar refractivity (Wildman–Crippen MR) is 91.2 cm³/mol. The summed E-state index contributed by atoms with van der Waals surface area (Å²) in [6.07, 6.45) is 1.78. The number of nitrogens with zero attached hydrogens (tertiary/aromatic N) is 3. The Morgan fingerprint density at radius 1 is 1.25 bits per heavy atom. The second kappa shape index (κ2) is 8.44. The SMILES string of the molecule is CC(C)OCc1ccccc1CNC(=O)N[C@H](C)c1nncn1C. The number of hydrogen-bond acceptors (Lipinski definition) is 4. The summed E-state index contributed by atoms with van der Waals surface area (Å²) >= 11 is 0. The largest absolute Gasteiger partial charge is 0.374 e. The number of ether oxygens (including phenoxy) is 1. The zero-order chi connectivity index (χ0) is 17.5. The molecule has 2 aromatic rings. The maximum atomic E-state index is 12.1. The third-order valence-electron chi connectivity index (χ3n) is 3.61. The van der Waals surface area contributed by atoms with Crippen LogP contribution in [0.1, 0.15) is 43.8 Å². The topological polar surface area (TPSA) is 81.1 Å². The van der Waals surface area contributed by atoms with E-state index in [2.05, 4.69) is 20.8 Å². The number of amides is 2. The highest BCUT2D eigenvalue weighted by atomic mass is 16.5. The van der Waals surface area contributed by atoms with Crippen LogP contribution >= 0.6 is 0 Å². The number of aromatic nitrogens is 3. The van der Waals surface area contributed by atoms with Gasteiger partial charge in [-0.1, -0.05) is 24.3 Å². The third-order valence-corrected chi connectivity index (χ3v) is 3.61. The fourth-order valence-corrected chi connectivity index (χ4v) is 2.30. The number of carbonyl (C=O) groups excluding carboxylic acids is 1. The van der Waals surface area contributed by atoms with Crippen LogP contribution in [0.15, 0.2) is 30.6 Å². The van der Waals surface area contributed by atoms with Crippen molar-refractivity contribution in [3.8, 4) is 0 Å². The van der Waals surface area contributed by atoms with Crippen LogP contribution in [0.4, 0.5) is 4.79 Å². The average Bonchev–Trinajstić information content (AvgIpc) is 2.97. The molecule has 1 aromatic carbocycles. The molecule has 0 aliphatic carbocycles. The summed E-state index contributed by atoms with van der Waals surface area (Å²) in [7, 11) is 1.84. The molecule has 130 valence electrons. The Bertz CT molecular complexity index is 669. The Kier molecular flexibility index (Phi) is 6.31. The first-order valence-electron chi connectivity index (χ1n) is 8.04. The van der Waals surface area contributed by atoms with Gasteiger partial charge in [0.15, 0.2) is 5.82 Å². The van der Waals surface area contributed by atoms with Crippen molar-refractivity contribution in [3.05, 3.63) is 47.5 Å². The monoisotopic (exact) mass is 331 g/mol. The summed E-state index contributed by atoms with van der Waals surface area (Å²) < 4.78 is 7.44. The van der Waals surface area contributed by atoms with E-state index in [0.29, 0.717) is 19.0 Å². The van der Waals surface area contributed by atoms with Crippen LogP contribution in [0.2, 0.25) is 0 Å². The first kappa shape index (κ1) is 17.9. The van der Waals surface area contributed by atoms with Gasteiger partial charge in [0.05, 0.1) is 18.8 Å². The Labute approximate surface area is 142 Å². The van der Waals surface area contributed by atoms with Crippen molar-refractivity contribution in [2.45, 2.75) is 46.1 Å². The van der Waals surface area contributed by atoms with Gasteiger partial charge in [0.1, 0.15) is 6.33 Å². The molecule has 7 nitrogen and oxygen atoms in total. The van der Waals surface area contributed by atoms with E-state index in [0.717, 1.165) is 11.1 Å². The zero-order valence-corrected chi connectivity index (χ0v) is 14.6. The molecule has 0 radical (unpaired) electrons. The predicted octanol–water partition coefficient (Wildman–Crippen LogP) is 2.30. The van der Waals surface area contributed by atoms with Gasteiger partial charge in [0.2, 0.25) is 0 Å². The molecule has 1 heterocycles. The quantitative estimate of drug-likeness (QED) is 0.816. The van der Waals surface area contributed by atoms with Gasteiger partial charge in [-0.05, 0) is 31.9 Å².